The zero-order valence-corrected chi connectivity index (χ0v) is 25.5. The molecule has 0 bridgehead atoms. The van der Waals surface area contributed by atoms with Gasteiger partial charge < -0.3 is 5.11 Å². The van der Waals surface area contributed by atoms with E-state index in [1.54, 1.807) is 0 Å². The van der Waals surface area contributed by atoms with Gasteiger partial charge in [-0.25, -0.2) is 0 Å². The Hall–Kier alpha value is -1.60. The quantitative estimate of drug-likeness (QED) is 0.0797. The molecule has 0 fully saturated rings. The summed E-state index contributed by atoms with van der Waals surface area (Å²) >= 11 is 0. The van der Waals surface area contributed by atoms with Gasteiger partial charge in [-0.1, -0.05) is 138 Å². The van der Waals surface area contributed by atoms with E-state index in [4.69, 9.17) is 0 Å². The molecule has 0 aromatic carbocycles. The van der Waals surface area contributed by atoms with Crippen LogP contribution in [-0.4, -0.2) is 11.2 Å². The van der Waals surface area contributed by atoms with Crippen LogP contribution in [-0.2, 0) is 0 Å². The molecular weight excluding hydrogens is 460 g/mol. The van der Waals surface area contributed by atoms with Crippen molar-refractivity contribution in [3.63, 3.8) is 0 Å². The van der Waals surface area contributed by atoms with Crippen molar-refractivity contribution in [2.75, 3.05) is 0 Å². The van der Waals surface area contributed by atoms with Gasteiger partial charge in [-0.3, -0.25) is 0 Å². The van der Waals surface area contributed by atoms with Crippen LogP contribution in [0.5, 0.6) is 0 Å². The predicted molar refractivity (Wildman–Crippen MR) is 174 cm³/mol. The molecule has 0 radical (unpaired) electrons. The number of aliphatic hydroxyl groups is 1. The van der Waals surface area contributed by atoms with Crippen LogP contribution in [0, 0.1) is 0 Å². The van der Waals surface area contributed by atoms with Gasteiger partial charge in [0.25, 0.3) is 0 Å². The third kappa shape index (κ3) is 32.4. The van der Waals surface area contributed by atoms with Crippen molar-refractivity contribution in [1.29, 1.82) is 0 Å². The fourth-order valence-corrected chi connectivity index (χ4v) is 4.36. The Morgan fingerprint density at radius 2 is 0.658 bits per heavy atom. The van der Waals surface area contributed by atoms with Crippen molar-refractivity contribution < 1.29 is 5.11 Å². The summed E-state index contributed by atoms with van der Waals surface area (Å²) in [7, 11) is 0. The molecule has 0 saturated carbocycles. The first kappa shape index (κ1) is 36.4. The number of unbranched alkanes of at least 4 members (excludes halogenated alkanes) is 12. The molecule has 1 N–H and O–H groups in total. The van der Waals surface area contributed by atoms with E-state index in [-0.39, 0.29) is 6.10 Å². The van der Waals surface area contributed by atoms with Gasteiger partial charge in [0.15, 0.2) is 0 Å². The maximum Gasteiger partial charge on any atom is 0.0540 e. The standard InChI is InChI=1S/C37H64O/c1-3-5-7-9-11-13-15-17-19-21-23-25-27-29-31-33-35-37(38)36-34-32-30-28-26-24-22-20-18-16-14-12-10-8-6-4-2/h11-14,17-20,23-26,37-38H,3-10,15-16,21-22,27-36H2,1-2H3. The highest BCUT2D eigenvalue weighted by molar-refractivity contribution is 4.98. The van der Waals surface area contributed by atoms with E-state index < -0.39 is 0 Å². The number of aliphatic hydroxyl groups excluding tert-OH is 1. The summed E-state index contributed by atoms with van der Waals surface area (Å²) in [5, 5.41) is 10.2. The Morgan fingerprint density at radius 1 is 0.368 bits per heavy atom. The maximum atomic E-state index is 10.2. The van der Waals surface area contributed by atoms with E-state index >= 15 is 0 Å². The topological polar surface area (TPSA) is 20.2 Å². The number of rotatable bonds is 28. The molecule has 0 unspecified atom stereocenters. The third-order valence-corrected chi connectivity index (χ3v) is 6.85. The molecule has 0 aliphatic heterocycles. The zero-order chi connectivity index (χ0) is 27.6. The van der Waals surface area contributed by atoms with Gasteiger partial charge in [0.1, 0.15) is 0 Å². The largest absolute Gasteiger partial charge is 0.393 e. The molecule has 1 heteroatoms. The number of hydrogen-bond donors (Lipinski definition) is 1. The summed E-state index contributed by atoms with van der Waals surface area (Å²) in [4.78, 5) is 0. The van der Waals surface area contributed by atoms with Crippen LogP contribution in [0.2, 0.25) is 0 Å². The summed E-state index contributed by atoms with van der Waals surface area (Å²) in [6.07, 6.45) is 53.6. The first-order chi connectivity index (χ1) is 18.8. The van der Waals surface area contributed by atoms with Crippen LogP contribution in [0.3, 0.4) is 0 Å². The van der Waals surface area contributed by atoms with Crippen LogP contribution < -0.4 is 0 Å². The minimum atomic E-state index is -0.0993. The van der Waals surface area contributed by atoms with Crippen molar-refractivity contribution >= 4 is 0 Å². The molecule has 0 aromatic heterocycles. The predicted octanol–water partition coefficient (Wildman–Crippen LogP) is 12.3. The van der Waals surface area contributed by atoms with E-state index in [1.165, 1.54) is 89.9 Å². The second-order valence-electron chi connectivity index (χ2n) is 10.7. The fourth-order valence-electron chi connectivity index (χ4n) is 4.36. The molecule has 0 aliphatic rings. The van der Waals surface area contributed by atoms with Crippen LogP contribution in [0.4, 0.5) is 0 Å². The minimum absolute atomic E-state index is 0.0993. The summed E-state index contributed by atoms with van der Waals surface area (Å²) < 4.78 is 0. The van der Waals surface area contributed by atoms with E-state index in [0.717, 1.165) is 51.4 Å². The Morgan fingerprint density at radius 3 is 0.974 bits per heavy atom. The molecular formula is C37H64O. The lowest BCUT2D eigenvalue weighted by Crippen LogP contribution is -2.05. The van der Waals surface area contributed by atoms with Crippen molar-refractivity contribution in [2.45, 2.75) is 161 Å². The lowest BCUT2D eigenvalue weighted by atomic mass is 10.0. The summed E-state index contributed by atoms with van der Waals surface area (Å²) in [5.41, 5.74) is 0. The Balaban J connectivity index is 3.42. The van der Waals surface area contributed by atoms with Gasteiger partial charge >= 0.3 is 0 Å². The second kappa shape index (κ2) is 33.4. The maximum absolute atomic E-state index is 10.2. The van der Waals surface area contributed by atoms with E-state index in [1.807, 2.05) is 0 Å². The molecule has 1 nitrogen and oxygen atoms in total. The van der Waals surface area contributed by atoms with Crippen LogP contribution in [0.15, 0.2) is 72.9 Å². The molecule has 0 aliphatic carbocycles. The lowest BCUT2D eigenvalue weighted by molar-refractivity contribution is 0.147. The SMILES string of the molecule is CCCCCC=CCC=CCC=CCCCCCC(O)CCCCCC=CCC=CCC=CCCCCC. The molecule has 0 amide bonds. The molecule has 0 rings (SSSR count). The third-order valence-electron chi connectivity index (χ3n) is 6.85. The first-order valence-corrected chi connectivity index (χ1v) is 16.4. The average Bonchev–Trinajstić information content (AvgIpc) is 2.92. The van der Waals surface area contributed by atoms with Gasteiger partial charge in [-0.15, -0.1) is 0 Å². The van der Waals surface area contributed by atoms with Crippen LogP contribution in [0.25, 0.3) is 0 Å². The summed E-state index contributed by atoms with van der Waals surface area (Å²) in [6.45, 7) is 4.51. The highest BCUT2D eigenvalue weighted by Crippen LogP contribution is 2.13. The number of hydrogen-bond acceptors (Lipinski definition) is 1. The fraction of sp³-hybridized carbons (Fsp3) is 0.676. The van der Waals surface area contributed by atoms with Crippen LogP contribution in [0.1, 0.15) is 155 Å². The Bertz CT molecular complexity index is 565. The summed E-state index contributed by atoms with van der Waals surface area (Å²) in [5.74, 6) is 0. The zero-order valence-electron chi connectivity index (χ0n) is 25.5. The molecule has 0 aromatic rings. The monoisotopic (exact) mass is 524 g/mol. The summed E-state index contributed by atoms with van der Waals surface area (Å²) in [6, 6.07) is 0. The van der Waals surface area contributed by atoms with Gasteiger partial charge in [0.2, 0.25) is 0 Å². The normalized spacial score (nSPS) is 13.7. The minimum Gasteiger partial charge on any atom is -0.393 e. The van der Waals surface area contributed by atoms with E-state index in [2.05, 4.69) is 86.8 Å². The van der Waals surface area contributed by atoms with Gasteiger partial charge in [-0.05, 0) is 89.9 Å². The molecule has 218 valence electrons. The molecule has 0 spiro atoms. The smallest absolute Gasteiger partial charge is 0.0540 e. The Labute approximate surface area is 239 Å². The van der Waals surface area contributed by atoms with Crippen molar-refractivity contribution in [1.82, 2.24) is 0 Å². The lowest BCUT2D eigenvalue weighted by Gasteiger charge is -2.09. The Kier molecular flexibility index (Phi) is 32.0. The highest BCUT2D eigenvalue weighted by Gasteiger charge is 2.03. The van der Waals surface area contributed by atoms with E-state index in [0.29, 0.717) is 0 Å². The van der Waals surface area contributed by atoms with Crippen molar-refractivity contribution in [3.05, 3.63) is 72.9 Å². The number of allylic oxidation sites excluding steroid dienone is 12. The molecule has 38 heavy (non-hydrogen) atoms. The van der Waals surface area contributed by atoms with E-state index in [9.17, 15) is 5.11 Å². The van der Waals surface area contributed by atoms with Crippen LogP contribution >= 0.6 is 0 Å². The van der Waals surface area contributed by atoms with Gasteiger partial charge in [0, 0.05) is 0 Å². The van der Waals surface area contributed by atoms with Gasteiger partial charge in [-0.2, -0.15) is 0 Å². The molecule has 0 atom stereocenters. The average molecular weight is 525 g/mol. The van der Waals surface area contributed by atoms with Crippen molar-refractivity contribution in [3.8, 4) is 0 Å². The highest BCUT2D eigenvalue weighted by atomic mass is 16.3. The molecule has 0 heterocycles. The second-order valence-corrected chi connectivity index (χ2v) is 10.7. The van der Waals surface area contributed by atoms with Crippen molar-refractivity contribution in [2.24, 2.45) is 0 Å². The van der Waals surface area contributed by atoms with Gasteiger partial charge in [0.05, 0.1) is 6.10 Å². The first-order valence-electron chi connectivity index (χ1n) is 16.4. The molecule has 0 saturated heterocycles.